The second kappa shape index (κ2) is 5.90. The molecule has 0 fully saturated rings. The molecule has 1 unspecified atom stereocenters. The van der Waals surface area contributed by atoms with E-state index in [0.717, 1.165) is 11.1 Å². The van der Waals surface area contributed by atoms with Crippen molar-refractivity contribution in [2.75, 3.05) is 0 Å². The average molecular weight is 284 g/mol. The molecule has 0 amide bonds. The van der Waals surface area contributed by atoms with Crippen molar-refractivity contribution in [2.24, 2.45) is 0 Å². The lowest BCUT2D eigenvalue weighted by Crippen LogP contribution is -2.14. The molecular weight excluding hydrogens is 270 g/mol. The minimum atomic E-state index is -0.872. The van der Waals surface area contributed by atoms with Crippen LogP contribution in [0.25, 0.3) is 0 Å². The van der Waals surface area contributed by atoms with Gasteiger partial charge in [-0.15, -0.1) is 0 Å². The van der Waals surface area contributed by atoms with Gasteiger partial charge in [-0.1, -0.05) is 48.0 Å². The van der Waals surface area contributed by atoms with Gasteiger partial charge in [0.1, 0.15) is 5.92 Å². The van der Waals surface area contributed by atoms with Gasteiger partial charge in [-0.25, -0.2) is 0 Å². The summed E-state index contributed by atoms with van der Waals surface area (Å²) in [5.74, 6) is -1.07. The molecule has 0 radical (unpaired) electrons. The predicted molar refractivity (Wildman–Crippen MR) is 80.1 cm³/mol. The molecule has 0 spiro atoms. The van der Waals surface area contributed by atoms with Crippen LogP contribution in [0.1, 0.15) is 33.0 Å². The van der Waals surface area contributed by atoms with Crippen LogP contribution in [-0.4, -0.2) is 5.78 Å². The standard InChI is InChI=1S/C17H14ClNO/c1-11-6-5-7-12(2)16(11)17(20)14(10-19)13-8-3-4-9-15(13)18/h3-9,14H,1-2H3. The van der Waals surface area contributed by atoms with Crippen LogP contribution in [0.2, 0.25) is 5.02 Å². The van der Waals surface area contributed by atoms with Gasteiger partial charge < -0.3 is 0 Å². The molecule has 2 aromatic rings. The summed E-state index contributed by atoms with van der Waals surface area (Å²) in [6, 6.07) is 14.7. The highest BCUT2D eigenvalue weighted by Crippen LogP contribution is 2.29. The lowest BCUT2D eigenvalue weighted by Gasteiger charge is -2.14. The highest BCUT2D eigenvalue weighted by Gasteiger charge is 2.25. The Morgan fingerprint density at radius 1 is 1.10 bits per heavy atom. The molecule has 0 heterocycles. The monoisotopic (exact) mass is 283 g/mol. The number of ketones is 1. The van der Waals surface area contributed by atoms with E-state index in [1.165, 1.54) is 0 Å². The molecule has 0 saturated carbocycles. The molecule has 0 N–H and O–H groups in total. The van der Waals surface area contributed by atoms with Crippen LogP contribution in [0.15, 0.2) is 42.5 Å². The first-order valence-corrected chi connectivity index (χ1v) is 6.68. The van der Waals surface area contributed by atoms with Gasteiger partial charge in [0.05, 0.1) is 6.07 Å². The highest BCUT2D eigenvalue weighted by molar-refractivity contribution is 6.31. The molecule has 20 heavy (non-hydrogen) atoms. The normalized spacial score (nSPS) is 11.7. The number of carbonyl (C=O) groups is 1. The van der Waals surface area contributed by atoms with Crippen LogP contribution < -0.4 is 0 Å². The fourth-order valence-corrected chi connectivity index (χ4v) is 2.57. The Morgan fingerprint density at radius 3 is 2.25 bits per heavy atom. The maximum atomic E-state index is 12.7. The van der Waals surface area contributed by atoms with Crippen LogP contribution in [0.4, 0.5) is 0 Å². The topological polar surface area (TPSA) is 40.9 Å². The third-order valence-electron chi connectivity index (χ3n) is 3.34. The maximum Gasteiger partial charge on any atom is 0.185 e. The minimum Gasteiger partial charge on any atom is -0.292 e. The number of nitriles is 1. The van der Waals surface area contributed by atoms with Crippen LogP contribution >= 0.6 is 11.6 Å². The van der Waals surface area contributed by atoms with Gasteiger partial charge in [-0.3, -0.25) is 4.79 Å². The molecule has 0 aromatic heterocycles. The molecular formula is C17H14ClNO. The first-order valence-electron chi connectivity index (χ1n) is 6.30. The quantitative estimate of drug-likeness (QED) is 0.781. The molecule has 0 bridgehead atoms. The number of hydrogen-bond donors (Lipinski definition) is 0. The minimum absolute atomic E-state index is 0.198. The number of Topliss-reactive ketones (excluding diaryl/α,β-unsaturated/α-hetero) is 1. The van der Waals surface area contributed by atoms with E-state index in [-0.39, 0.29) is 5.78 Å². The summed E-state index contributed by atoms with van der Waals surface area (Å²) < 4.78 is 0. The molecule has 100 valence electrons. The summed E-state index contributed by atoms with van der Waals surface area (Å²) >= 11 is 6.11. The van der Waals surface area contributed by atoms with Gasteiger partial charge in [0, 0.05) is 10.6 Å². The van der Waals surface area contributed by atoms with Crippen LogP contribution in [-0.2, 0) is 0 Å². The SMILES string of the molecule is Cc1cccc(C)c1C(=O)C(C#N)c1ccccc1Cl. The van der Waals surface area contributed by atoms with Gasteiger partial charge in [0.15, 0.2) is 5.78 Å². The first kappa shape index (κ1) is 14.3. The van der Waals surface area contributed by atoms with Crippen molar-refractivity contribution >= 4 is 17.4 Å². The average Bonchev–Trinajstić information content (AvgIpc) is 2.41. The third kappa shape index (κ3) is 2.59. The number of carbonyl (C=O) groups excluding carboxylic acids is 1. The number of nitrogens with zero attached hydrogens (tertiary/aromatic N) is 1. The lowest BCUT2D eigenvalue weighted by molar-refractivity contribution is 0.0977. The number of rotatable bonds is 3. The molecule has 0 aliphatic rings. The van der Waals surface area contributed by atoms with E-state index in [2.05, 4.69) is 6.07 Å². The van der Waals surface area contributed by atoms with Crippen molar-refractivity contribution in [3.8, 4) is 6.07 Å². The Balaban J connectivity index is 2.52. The van der Waals surface area contributed by atoms with Crippen LogP contribution in [0, 0.1) is 25.2 Å². The molecule has 0 aliphatic heterocycles. The summed E-state index contributed by atoms with van der Waals surface area (Å²) in [4.78, 5) is 12.7. The second-order valence-electron chi connectivity index (χ2n) is 4.71. The first-order chi connectivity index (χ1) is 9.56. The van der Waals surface area contributed by atoms with Gasteiger partial charge in [-0.05, 0) is 36.6 Å². The largest absolute Gasteiger partial charge is 0.292 e. The summed E-state index contributed by atoms with van der Waals surface area (Å²) in [7, 11) is 0. The zero-order valence-electron chi connectivity index (χ0n) is 11.4. The van der Waals surface area contributed by atoms with Crippen molar-refractivity contribution in [1.29, 1.82) is 5.26 Å². The summed E-state index contributed by atoms with van der Waals surface area (Å²) in [6.45, 7) is 3.75. The van der Waals surface area contributed by atoms with Crippen molar-refractivity contribution in [2.45, 2.75) is 19.8 Å². The molecule has 2 nitrogen and oxygen atoms in total. The van der Waals surface area contributed by atoms with Gasteiger partial charge in [0.25, 0.3) is 0 Å². The predicted octanol–water partition coefficient (Wildman–Crippen LogP) is 4.45. The van der Waals surface area contributed by atoms with E-state index in [0.29, 0.717) is 16.1 Å². The summed E-state index contributed by atoms with van der Waals surface area (Å²) in [5.41, 5.74) is 2.92. The molecule has 0 aliphatic carbocycles. The number of hydrogen-bond acceptors (Lipinski definition) is 2. The number of benzene rings is 2. The fraction of sp³-hybridized carbons (Fsp3) is 0.176. The van der Waals surface area contributed by atoms with Gasteiger partial charge in [0.2, 0.25) is 0 Å². The van der Waals surface area contributed by atoms with Gasteiger partial charge >= 0.3 is 0 Å². The Hall–Kier alpha value is -2.11. The Kier molecular flexibility index (Phi) is 4.22. The maximum absolute atomic E-state index is 12.7. The van der Waals surface area contributed by atoms with E-state index in [1.54, 1.807) is 24.3 Å². The van der Waals surface area contributed by atoms with E-state index in [9.17, 15) is 10.1 Å². The van der Waals surface area contributed by atoms with Crippen LogP contribution in [0.5, 0.6) is 0 Å². The smallest absolute Gasteiger partial charge is 0.185 e. The molecule has 3 heteroatoms. The summed E-state index contributed by atoms with van der Waals surface area (Å²) in [6.07, 6.45) is 0. The van der Waals surface area contributed by atoms with Gasteiger partial charge in [-0.2, -0.15) is 5.26 Å². The Morgan fingerprint density at radius 2 is 1.70 bits per heavy atom. The van der Waals surface area contributed by atoms with E-state index < -0.39 is 5.92 Å². The van der Waals surface area contributed by atoms with Crippen molar-refractivity contribution in [3.05, 3.63) is 69.7 Å². The number of halogens is 1. The van der Waals surface area contributed by atoms with Crippen LogP contribution in [0.3, 0.4) is 0 Å². The molecule has 1 atom stereocenters. The summed E-state index contributed by atoms with van der Waals surface area (Å²) in [5, 5.41) is 9.83. The Labute approximate surface area is 123 Å². The fourth-order valence-electron chi connectivity index (χ4n) is 2.33. The van der Waals surface area contributed by atoms with Crippen molar-refractivity contribution in [1.82, 2.24) is 0 Å². The Bertz CT molecular complexity index is 680. The third-order valence-corrected chi connectivity index (χ3v) is 3.68. The second-order valence-corrected chi connectivity index (χ2v) is 5.12. The lowest BCUT2D eigenvalue weighted by atomic mass is 9.88. The highest BCUT2D eigenvalue weighted by atomic mass is 35.5. The van der Waals surface area contributed by atoms with Crippen molar-refractivity contribution < 1.29 is 4.79 Å². The van der Waals surface area contributed by atoms with E-state index in [1.807, 2.05) is 32.0 Å². The van der Waals surface area contributed by atoms with Crippen molar-refractivity contribution in [3.63, 3.8) is 0 Å². The molecule has 0 saturated heterocycles. The zero-order valence-corrected chi connectivity index (χ0v) is 12.1. The number of aryl methyl sites for hydroxylation is 2. The molecule has 2 rings (SSSR count). The van der Waals surface area contributed by atoms with E-state index >= 15 is 0 Å². The zero-order chi connectivity index (χ0) is 14.7. The van der Waals surface area contributed by atoms with E-state index in [4.69, 9.17) is 11.6 Å². The molecule has 2 aromatic carbocycles.